The molecule has 92 valence electrons. The van der Waals surface area contributed by atoms with Crippen LogP contribution in [0.3, 0.4) is 0 Å². The second kappa shape index (κ2) is 3.98. The Bertz CT molecular complexity index is 421. The maximum Gasteiger partial charge on any atom is 0.129 e. The van der Waals surface area contributed by atoms with Crippen molar-refractivity contribution < 1.29 is 4.39 Å². The monoisotopic (exact) mass is 252 g/mol. The van der Waals surface area contributed by atoms with E-state index in [4.69, 9.17) is 11.6 Å². The largest absolute Gasteiger partial charge is 0.206 e. The molecule has 2 fully saturated rings. The van der Waals surface area contributed by atoms with Crippen LogP contribution >= 0.6 is 11.6 Å². The molecular weight excluding hydrogens is 235 g/mol. The van der Waals surface area contributed by atoms with E-state index in [1.165, 1.54) is 19.3 Å². The Balaban J connectivity index is 1.83. The third kappa shape index (κ3) is 1.99. The average Bonchev–Trinajstić information content (AvgIpc) is 2.91. The van der Waals surface area contributed by atoms with Crippen LogP contribution in [-0.4, -0.2) is 0 Å². The first kappa shape index (κ1) is 11.5. The second-order valence-corrected chi connectivity index (χ2v) is 6.33. The van der Waals surface area contributed by atoms with Gasteiger partial charge in [0.25, 0.3) is 0 Å². The van der Waals surface area contributed by atoms with Crippen molar-refractivity contribution in [3.8, 4) is 0 Å². The number of aryl methyl sites for hydroxylation is 2. The summed E-state index contributed by atoms with van der Waals surface area (Å²) in [6, 6.07) is 3.84. The lowest BCUT2D eigenvalue weighted by molar-refractivity contribution is 0.470. The molecule has 2 aliphatic rings. The lowest BCUT2D eigenvalue weighted by atomic mass is 9.92. The molecule has 0 heterocycles. The Hall–Kier alpha value is -0.560. The van der Waals surface area contributed by atoms with Gasteiger partial charge in [-0.3, -0.25) is 0 Å². The van der Waals surface area contributed by atoms with Crippen LogP contribution in [0.2, 0.25) is 0 Å². The minimum absolute atomic E-state index is 0.0702. The zero-order valence-corrected chi connectivity index (χ0v) is 11.1. The first-order valence-electron chi connectivity index (χ1n) is 6.47. The maximum atomic E-state index is 13.6. The molecule has 0 spiro atoms. The van der Waals surface area contributed by atoms with Crippen molar-refractivity contribution in [1.82, 2.24) is 0 Å². The number of hydrogen-bond donors (Lipinski definition) is 0. The zero-order chi connectivity index (χ0) is 12.2. The van der Waals surface area contributed by atoms with Gasteiger partial charge in [-0.1, -0.05) is 12.1 Å². The van der Waals surface area contributed by atoms with E-state index in [-0.39, 0.29) is 11.2 Å². The molecular formula is C15H18ClF. The van der Waals surface area contributed by atoms with Crippen LogP contribution in [0.5, 0.6) is 0 Å². The molecule has 0 amide bonds. The minimum atomic E-state index is -0.0908. The quantitative estimate of drug-likeness (QED) is 0.665. The molecule has 2 aliphatic carbocycles. The van der Waals surface area contributed by atoms with Crippen molar-refractivity contribution in [2.24, 2.45) is 17.8 Å². The number of hydrogen-bond acceptors (Lipinski definition) is 0. The van der Waals surface area contributed by atoms with E-state index in [1.807, 2.05) is 26.0 Å². The van der Waals surface area contributed by atoms with Gasteiger partial charge in [-0.15, -0.1) is 11.6 Å². The summed E-state index contributed by atoms with van der Waals surface area (Å²) in [7, 11) is 0. The summed E-state index contributed by atoms with van der Waals surface area (Å²) in [4.78, 5) is 0. The fraction of sp³-hybridized carbons (Fsp3) is 0.600. The Labute approximate surface area is 107 Å². The summed E-state index contributed by atoms with van der Waals surface area (Å²) in [5.74, 6) is 2.41. The van der Waals surface area contributed by atoms with E-state index < -0.39 is 0 Å². The summed E-state index contributed by atoms with van der Waals surface area (Å²) >= 11 is 6.57. The van der Waals surface area contributed by atoms with Crippen LogP contribution in [0.1, 0.15) is 41.3 Å². The van der Waals surface area contributed by atoms with Crippen LogP contribution in [0.25, 0.3) is 0 Å². The number of alkyl halides is 1. The van der Waals surface area contributed by atoms with Crippen LogP contribution in [0.4, 0.5) is 4.39 Å². The third-order valence-corrected chi connectivity index (χ3v) is 5.08. The SMILES string of the molecule is Cc1cc(C(Cl)C2CC3CC3C2)cc(C)c1F. The second-order valence-electron chi connectivity index (χ2n) is 5.86. The van der Waals surface area contributed by atoms with Gasteiger partial charge in [-0.25, -0.2) is 4.39 Å². The number of benzene rings is 1. The van der Waals surface area contributed by atoms with E-state index in [2.05, 4.69) is 0 Å². The minimum Gasteiger partial charge on any atom is -0.206 e. The van der Waals surface area contributed by atoms with Gasteiger partial charge >= 0.3 is 0 Å². The van der Waals surface area contributed by atoms with Crippen molar-refractivity contribution in [2.45, 2.75) is 38.5 Å². The van der Waals surface area contributed by atoms with E-state index in [1.54, 1.807) is 0 Å². The standard InChI is InChI=1S/C15H18ClF/c1-8-3-12(4-9(2)15(8)17)14(16)13-6-10-5-11(10)7-13/h3-4,10-11,13-14H,5-7H2,1-2H3. The van der Waals surface area contributed by atoms with Gasteiger partial charge in [0.1, 0.15) is 5.82 Å². The van der Waals surface area contributed by atoms with Gasteiger partial charge < -0.3 is 0 Å². The van der Waals surface area contributed by atoms with E-state index in [0.29, 0.717) is 17.0 Å². The Morgan fingerprint density at radius 2 is 1.65 bits per heavy atom. The summed E-state index contributed by atoms with van der Waals surface area (Å²) < 4.78 is 13.6. The predicted molar refractivity (Wildman–Crippen MR) is 68.8 cm³/mol. The van der Waals surface area contributed by atoms with Gasteiger partial charge in [-0.2, -0.15) is 0 Å². The van der Waals surface area contributed by atoms with Crippen molar-refractivity contribution in [3.05, 3.63) is 34.6 Å². The molecule has 3 unspecified atom stereocenters. The summed E-state index contributed by atoms with van der Waals surface area (Å²) in [6.07, 6.45) is 3.96. The van der Waals surface area contributed by atoms with Gasteiger partial charge in [0, 0.05) is 0 Å². The molecule has 0 N–H and O–H groups in total. The first-order chi connectivity index (χ1) is 8.06. The topological polar surface area (TPSA) is 0 Å². The summed E-state index contributed by atoms with van der Waals surface area (Å²) in [6.45, 7) is 3.64. The first-order valence-corrected chi connectivity index (χ1v) is 6.90. The summed E-state index contributed by atoms with van der Waals surface area (Å²) in [5.41, 5.74) is 2.54. The highest BCUT2D eigenvalue weighted by atomic mass is 35.5. The molecule has 0 radical (unpaired) electrons. The predicted octanol–water partition coefficient (Wildman–Crippen LogP) is 4.77. The molecule has 0 aliphatic heterocycles. The van der Waals surface area contributed by atoms with Gasteiger partial charge in [0.2, 0.25) is 0 Å². The maximum absolute atomic E-state index is 13.6. The van der Waals surface area contributed by atoms with Gasteiger partial charge in [0.05, 0.1) is 5.38 Å². The lowest BCUT2D eigenvalue weighted by Crippen LogP contribution is -2.07. The van der Waals surface area contributed by atoms with Gasteiger partial charge in [0.15, 0.2) is 0 Å². The van der Waals surface area contributed by atoms with Crippen LogP contribution in [0, 0.1) is 37.4 Å². The van der Waals surface area contributed by atoms with E-state index in [0.717, 1.165) is 17.4 Å². The molecule has 17 heavy (non-hydrogen) atoms. The van der Waals surface area contributed by atoms with Crippen molar-refractivity contribution in [2.75, 3.05) is 0 Å². The van der Waals surface area contributed by atoms with Crippen LogP contribution in [-0.2, 0) is 0 Å². The smallest absolute Gasteiger partial charge is 0.129 e. The number of rotatable bonds is 2. The Kier molecular flexibility index (Phi) is 2.70. The highest BCUT2D eigenvalue weighted by Crippen LogP contribution is 2.58. The third-order valence-electron chi connectivity index (χ3n) is 4.47. The Morgan fingerprint density at radius 3 is 2.18 bits per heavy atom. The molecule has 2 heteroatoms. The Morgan fingerprint density at radius 1 is 1.12 bits per heavy atom. The number of fused-ring (bicyclic) bond motifs is 1. The van der Waals surface area contributed by atoms with Crippen LogP contribution in [0.15, 0.2) is 12.1 Å². The molecule has 1 aromatic carbocycles. The lowest BCUT2D eigenvalue weighted by Gasteiger charge is -2.20. The molecule has 3 rings (SSSR count). The molecule has 0 saturated heterocycles. The molecule has 2 saturated carbocycles. The highest BCUT2D eigenvalue weighted by molar-refractivity contribution is 6.21. The highest BCUT2D eigenvalue weighted by Gasteiger charge is 2.47. The average molecular weight is 253 g/mol. The van der Waals surface area contributed by atoms with Crippen LogP contribution < -0.4 is 0 Å². The molecule has 0 nitrogen and oxygen atoms in total. The van der Waals surface area contributed by atoms with Crippen molar-refractivity contribution in [3.63, 3.8) is 0 Å². The molecule has 3 atom stereocenters. The van der Waals surface area contributed by atoms with Crippen molar-refractivity contribution in [1.29, 1.82) is 0 Å². The normalized spacial score (nSPS) is 32.4. The fourth-order valence-corrected chi connectivity index (χ4v) is 3.74. The molecule has 1 aromatic rings. The van der Waals surface area contributed by atoms with Crippen molar-refractivity contribution >= 4 is 11.6 Å². The van der Waals surface area contributed by atoms with E-state index in [9.17, 15) is 4.39 Å². The van der Waals surface area contributed by atoms with Gasteiger partial charge in [-0.05, 0) is 67.6 Å². The molecule has 0 bridgehead atoms. The summed E-state index contributed by atoms with van der Waals surface area (Å²) in [5, 5.41) is 0.0702. The fourth-order valence-electron chi connectivity index (χ4n) is 3.41. The zero-order valence-electron chi connectivity index (χ0n) is 10.3. The van der Waals surface area contributed by atoms with E-state index >= 15 is 0 Å². The molecule has 0 aromatic heterocycles. The number of halogens is 2.